The summed E-state index contributed by atoms with van der Waals surface area (Å²) in [7, 11) is 0. The molecule has 1 radical (unpaired) electrons. The van der Waals surface area contributed by atoms with Gasteiger partial charge in [-0.1, -0.05) is 19.4 Å². The summed E-state index contributed by atoms with van der Waals surface area (Å²) in [6.45, 7) is 5.78. The van der Waals surface area contributed by atoms with Gasteiger partial charge in [-0.05, 0) is 12.2 Å². The topological polar surface area (TPSA) is 0 Å². The lowest BCUT2D eigenvalue weighted by atomic mass is 10.4. The van der Waals surface area contributed by atoms with Crippen molar-refractivity contribution < 1.29 is 0 Å². The molecule has 0 rings (SSSR count). The fourth-order valence-electron chi connectivity index (χ4n) is 0.364. The van der Waals surface area contributed by atoms with E-state index in [9.17, 15) is 0 Å². The van der Waals surface area contributed by atoms with Crippen LogP contribution in [-0.2, 0) is 0 Å². The molecule has 0 saturated carbocycles. The SMILES string of the molecule is C=C[CH]SCCCC. The Balaban J connectivity index is 2.62. The monoisotopic (exact) mass is 129 g/mol. The van der Waals surface area contributed by atoms with Crippen LogP contribution in [0.2, 0.25) is 0 Å². The molecule has 0 aliphatic rings. The van der Waals surface area contributed by atoms with Gasteiger partial charge in [0, 0.05) is 5.75 Å². The average molecular weight is 129 g/mol. The van der Waals surface area contributed by atoms with Gasteiger partial charge >= 0.3 is 0 Å². The van der Waals surface area contributed by atoms with Crippen LogP contribution in [-0.4, -0.2) is 5.75 Å². The van der Waals surface area contributed by atoms with Gasteiger partial charge in [0.15, 0.2) is 0 Å². The molecule has 0 aliphatic heterocycles. The first-order chi connectivity index (χ1) is 3.91. The zero-order chi connectivity index (χ0) is 6.24. The molecule has 0 aromatic carbocycles. The van der Waals surface area contributed by atoms with Gasteiger partial charge in [0.25, 0.3) is 0 Å². The lowest BCUT2D eigenvalue weighted by molar-refractivity contribution is 0.897. The third-order valence-electron chi connectivity index (χ3n) is 0.808. The lowest BCUT2D eigenvalue weighted by Crippen LogP contribution is -1.73. The number of thioether (sulfide) groups is 1. The minimum atomic E-state index is 1.24. The van der Waals surface area contributed by atoms with Crippen LogP contribution in [0.3, 0.4) is 0 Å². The third-order valence-corrected chi connectivity index (χ3v) is 1.72. The molecular weight excluding hydrogens is 116 g/mol. The molecule has 0 atom stereocenters. The summed E-state index contributed by atoms with van der Waals surface area (Å²) in [4.78, 5) is 0. The summed E-state index contributed by atoms with van der Waals surface area (Å²) >= 11 is 1.83. The lowest BCUT2D eigenvalue weighted by Gasteiger charge is -1.91. The van der Waals surface area contributed by atoms with Gasteiger partial charge in [0.2, 0.25) is 0 Å². The molecule has 0 nitrogen and oxygen atoms in total. The van der Waals surface area contributed by atoms with Gasteiger partial charge in [-0.2, -0.15) is 11.8 Å². The van der Waals surface area contributed by atoms with Crippen molar-refractivity contribution in [1.29, 1.82) is 0 Å². The van der Waals surface area contributed by atoms with Crippen molar-refractivity contribution in [3.63, 3.8) is 0 Å². The Bertz CT molecular complexity index is 50.3. The number of hydrogen-bond donors (Lipinski definition) is 0. The van der Waals surface area contributed by atoms with Crippen LogP contribution >= 0.6 is 11.8 Å². The molecule has 0 heterocycles. The fourth-order valence-corrected chi connectivity index (χ4v) is 1.09. The van der Waals surface area contributed by atoms with Crippen LogP contribution in [0.15, 0.2) is 12.7 Å². The molecule has 0 aromatic heterocycles. The Morgan fingerprint density at radius 3 is 2.88 bits per heavy atom. The van der Waals surface area contributed by atoms with E-state index < -0.39 is 0 Å². The second-order valence-corrected chi connectivity index (χ2v) is 2.61. The molecule has 0 unspecified atom stereocenters. The zero-order valence-electron chi connectivity index (χ0n) is 5.39. The van der Waals surface area contributed by atoms with Gasteiger partial charge in [-0.3, -0.25) is 0 Å². The molecule has 0 saturated heterocycles. The molecule has 0 N–H and O–H groups in total. The van der Waals surface area contributed by atoms with Crippen molar-refractivity contribution in [2.45, 2.75) is 19.8 Å². The number of unbranched alkanes of at least 4 members (excludes halogenated alkanes) is 1. The third kappa shape index (κ3) is 6.09. The van der Waals surface area contributed by atoms with Crippen molar-refractivity contribution >= 4 is 11.8 Å². The van der Waals surface area contributed by atoms with E-state index in [4.69, 9.17) is 0 Å². The van der Waals surface area contributed by atoms with Gasteiger partial charge in [-0.25, -0.2) is 0 Å². The Hall–Kier alpha value is 0.0900. The molecule has 0 fully saturated rings. The van der Waals surface area contributed by atoms with Gasteiger partial charge in [0.1, 0.15) is 0 Å². The first-order valence-electron chi connectivity index (χ1n) is 2.97. The van der Waals surface area contributed by atoms with Crippen molar-refractivity contribution in [2.75, 3.05) is 5.75 Å². The van der Waals surface area contributed by atoms with E-state index in [-0.39, 0.29) is 0 Å². The van der Waals surface area contributed by atoms with Gasteiger partial charge < -0.3 is 0 Å². The Morgan fingerprint density at radius 2 is 2.38 bits per heavy atom. The summed E-state index contributed by atoms with van der Waals surface area (Å²) in [5, 5.41) is 0. The molecule has 0 amide bonds. The first kappa shape index (κ1) is 8.09. The van der Waals surface area contributed by atoms with Crippen LogP contribution < -0.4 is 0 Å². The van der Waals surface area contributed by atoms with Crippen LogP contribution in [0.4, 0.5) is 0 Å². The molecule has 8 heavy (non-hydrogen) atoms. The van der Waals surface area contributed by atoms with Gasteiger partial charge in [0.05, 0.1) is 0 Å². The standard InChI is InChI=1S/C7H13S/c1-3-5-7-8-6-4-2/h4,6H,2-3,5,7H2,1H3. The van der Waals surface area contributed by atoms with E-state index in [1.54, 1.807) is 0 Å². The van der Waals surface area contributed by atoms with Crippen LogP contribution in [0.25, 0.3) is 0 Å². The normalized spacial score (nSPS) is 9.12. The highest BCUT2D eigenvalue weighted by Gasteiger charge is 1.81. The minimum Gasteiger partial charge on any atom is -0.153 e. The van der Waals surface area contributed by atoms with E-state index in [1.807, 2.05) is 23.6 Å². The molecule has 0 spiro atoms. The van der Waals surface area contributed by atoms with Crippen molar-refractivity contribution in [3.8, 4) is 0 Å². The van der Waals surface area contributed by atoms with E-state index in [0.717, 1.165) is 0 Å². The van der Waals surface area contributed by atoms with Crippen LogP contribution in [0.1, 0.15) is 19.8 Å². The summed E-state index contributed by atoms with van der Waals surface area (Å²) in [6.07, 6.45) is 4.44. The first-order valence-corrected chi connectivity index (χ1v) is 4.02. The molecular formula is C7H13S. The highest BCUT2D eigenvalue weighted by atomic mass is 32.2. The largest absolute Gasteiger partial charge is 0.153 e. The Morgan fingerprint density at radius 1 is 1.62 bits per heavy atom. The summed E-state index contributed by atoms with van der Waals surface area (Å²) in [5.74, 6) is 3.28. The maximum absolute atomic E-state index is 3.58. The average Bonchev–Trinajstić information content (AvgIpc) is 1.81. The van der Waals surface area contributed by atoms with Crippen molar-refractivity contribution in [3.05, 3.63) is 18.4 Å². The Kier molecular flexibility index (Phi) is 7.17. The van der Waals surface area contributed by atoms with Gasteiger partial charge in [-0.15, -0.1) is 6.58 Å². The molecule has 47 valence electrons. The van der Waals surface area contributed by atoms with E-state index >= 15 is 0 Å². The number of hydrogen-bond acceptors (Lipinski definition) is 1. The molecule has 0 aromatic rings. The summed E-state index contributed by atoms with van der Waals surface area (Å²) in [5.41, 5.74) is 0. The molecule has 0 aliphatic carbocycles. The summed E-state index contributed by atoms with van der Waals surface area (Å²) < 4.78 is 0. The molecule has 1 heteroatoms. The Labute approximate surface area is 56.4 Å². The van der Waals surface area contributed by atoms with Crippen LogP contribution in [0, 0.1) is 5.75 Å². The van der Waals surface area contributed by atoms with E-state index in [0.29, 0.717) is 0 Å². The smallest absolute Gasteiger partial charge is 0.0378 e. The van der Waals surface area contributed by atoms with Crippen molar-refractivity contribution in [1.82, 2.24) is 0 Å². The second-order valence-electron chi connectivity index (χ2n) is 1.60. The minimum absolute atomic E-state index is 1.24. The number of rotatable bonds is 5. The van der Waals surface area contributed by atoms with Crippen molar-refractivity contribution in [2.24, 2.45) is 0 Å². The summed E-state index contributed by atoms with van der Waals surface area (Å²) in [6, 6.07) is 0. The predicted molar refractivity (Wildman–Crippen MR) is 41.9 cm³/mol. The highest BCUT2D eigenvalue weighted by molar-refractivity contribution is 8.01. The van der Waals surface area contributed by atoms with E-state index in [1.165, 1.54) is 18.6 Å². The van der Waals surface area contributed by atoms with E-state index in [2.05, 4.69) is 13.5 Å². The quantitative estimate of drug-likeness (QED) is 0.514. The highest BCUT2D eigenvalue weighted by Crippen LogP contribution is 2.07. The maximum atomic E-state index is 3.58. The predicted octanol–water partition coefficient (Wildman–Crippen LogP) is 2.87. The zero-order valence-corrected chi connectivity index (χ0v) is 6.21. The second kappa shape index (κ2) is 7.09. The fraction of sp³-hybridized carbons (Fsp3) is 0.571. The molecule has 0 bridgehead atoms. The maximum Gasteiger partial charge on any atom is 0.0378 e. The van der Waals surface area contributed by atoms with Crippen LogP contribution in [0.5, 0.6) is 0 Å².